The van der Waals surface area contributed by atoms with E-state index in [1.165, 1.54) is 12.8 Å². The smallest absolute Gasteiger partial charge is 0.274 e. The lowest BCUT2D eigenvalue weighted by atomic mass is 10.2. The molecule has 3 aromatic rings. The minimum absolute atomic E-state index is 0.135. The van der Waals surface area contributed by atoms with Crippen molar-refractivity contribution in [2.75, 3.05) is 23.3 Å². The lowest BCUT2D eigenvalue weighted by Gasteiger charge is -2.36. The van der Waals surface area contributed by atoms with E-state index < -0.39 is 0 Å². The predicted octanol–water partition coefficient (Wildman–Crippen LogP) is 3.92. The molecule has 1 aliphatic heterocycles. The summed E-state index contributed by atoms with van der Waals surface area (Å²) in [6.45, 7) is 8.55. The van der Waals surface area contributed by atoms with Gasteiger partial charge in [0.05, 0.1) is 24.1 Å². The van der Waals surface area contributed by atoms with E-state index in [0.717, 1.165) is 53.9 Å². The molecule has 2 fully saturated rings. The molecule has 1 N–H and O–H groups in total. The molecule has 8 nitrogen and oxygen atoms in total. The molecule has 8 heteroatoms. The molecule has 172 valence electrons. The molecular weight excluding hydrogens is 416 g/mol. The fourth-order valence-corrected chi connectivity index (χ4v) is 4.25. The fraction of sp³-hybridized carbons (Fsp3) is 0.440. The van der Waals surface area contributed by atoms with Crippen LogP contribution in [0.3, 0.4) is 0 Å². The van der Waals surface area contributed by atoms with Gasteiger partial charge in [-0.3, -0.25) is 9.48 Å². The number of aromatic nitrogens is 4. The van der Waals surface area contributed by atoms with Gasteiger partial charge in [-0.15, -0.1) is 0 Å². The molecule has 33 heavy (non-hydrogen) atoms. The maximum atomic E-state index is 13.1. The maximum absolute atomic E-state index is 13.1. The first-order valence-electron chi connectivity index (χ1n) is 11.6. The van der Waals surface area contributed by atoms with Crippen LogP contribution < -0.4 is 10.2 Å². The predicted molar refractivity (Wildman–Crippen MR) is 127 cm³/mol. The minimum Gasteiger partial charge on any atom is -0.372 e. The molecule has 0 radical (unpaired) electrons. The zero-order valence-electron chi connectivity index (χ0n) is 19.4. The summed E-state index contributed by atoms with van der Waals surface area (Å²) in [7, 11) is 0. The van der Waals surface area contributed by atoms with Gasteiger partial charge in [-0.05, 0) is 57.2 Å². The Labute approximate surface area is 194 Å². The molecule has 1 saturated carbocycles. The molecule has 0 spiro atoms. The number of pyridine rings is 2. The number of carbonyl (C=O) groups excluding carboxylic acids is 1. The number of amides is 1. The highest BCUT2D eigenvalue weighted by Gasteiger charge is 2.24. The molecule has 0 bridgehead atoms. The number of hydrogen-bond donors (Lipinski definition) is 1. The van der Waals surface area contributed by atoms with Crippen molar-refractivity contribution in [3.8, 4) is 11.3 Å². The number of ether oxygens (including phenoxy) is 1. The summed E-state index contributed by atoms with van der Waals surface area (Å²) in [5.41, 5.74) is 3.67. The third kappa shape index (κ3) is 5.06. The lowest BCUT2D eigenvalue weighted by molar-refractivity contribution is -0.00545. The van der Waals surface area contributed by atoms with Crippen molar-refractivity contribution < 1.29 is 9.53 Å². The Kier molecular flexibility index (Phi) is 5.85. The molecular formula is C25H30N6O2. The summed E-state index contributed by atoms with van der Waals surface area (Å²) >= 11 is 0. The first kappa shape index (κ1) is 21.6. The zero-order valence-corrected chi connectivity index (χ0v) is 19.4. The zero-order chi connectivity index (χ0) is 22.9. The van der Waals surface area contributed by atoms with Crippen molar-refractivity contribution in [2.45, 2.75) is 52.4 Å². The van der Waals surface area contributed by atoms with Gasteiger partial charge in [-0.25, -0.2) is 9.97 Å². The first-order chi connectivity index (χ1) is 15.9. The van der Waals surface area contributed by atoms with Gasteiger partial charge in [0, 0.05) is 49.3 Å². The Hall–Kier alpha value is -3.26. The van der Waals surface area contributed by atoms with Crippen LogP contribution in [0.4, 0.5) is 11.5 Å². The molecule has 3 aromatic heterocycles. The van der Waals surface area contributed by atoms with Gasteiger partial charge in [-0.2, -0.15) is 5.10 Å². The Balaban J connectivity index is 1.32. The van der Waals surface area contributed by atoms with Crippen LogP contribution in [0.5, 0.6) is 0 Å². The van der Waals surface area contributed by atoms with Gasteiger partial charge in [0.1, 0.15) is 11.5 Å². The summed E-state index contributed by atoms with van der Waals surface area (Å²) in [6, 6.07) is 7.43. The highest BCUT2D eigenvalue weighted by atomic mass is 16.5. The van der Waals surface area contributed by atoms with Crippen molar-refractivity contribution in [3.63, 3.8) is 0 Å². The van der Waals surface area contributed by atoms with Crippen molar-refractivity contribution in [1.29, 1.82) is 0 Å². The first-order valence-corrected chi connectivity index (χ1v) is 11.6. The van der Waals surface area contributed by atoms with Gasteiger partial charge in [0.15, 0.2) is 0 Å². The van der Waals surface area contributed by atoms with Crippen molar-refractivity contribution in [1.82, 2.24) is 19.7 Å². The Morgan fingerprint density at radius 3 is 2.73 bits per heavy atom. The monoisotopic (exact) mass is 446 g/mol. The number of carbonyl (C=O) groups is 1. The van der Waals surface area contributed by atoms with Crippen LogP contribution in [0.2, 0.25) is 0 Å². The number of morpholine rings is 1. The molecule has 2 aliphatic rings. The Morgan fingerprint density at radius 2 is 1.97 bits per heavy atom. The normalized spacial score (nSPS) is 20.6. The highest BCUT2D eigenvalue weighted by molar-refractivity contribution is 6.03. The second kappa shape index (κ2) is 8.94. The van der Waals surface area contributed by atoms with Crippen LogP contribution >= 0.6 is 0 Å². The summed E-state index contributed by atoms with van der Waals surface area (Å²) in [5.74, 6) is 1.34. The van der Waals surface area contributed by atoms with Crippen molar-refractivity contribution >= 4 is 17.4 Å². The summed E-state index contributed by atoms with van der Waals surface area (Å²) in [4.78, 5) is 24.4. The van der Waals surface area contributed by atoms with E-state index in [0.29, 0.717) is 5.69 Å². The van der Waals surface area contributed by atoms with E-state index in [9.17, 15) is 4.79 Å². The average molecular weight is 447 g/mol. The van der Waals surface area contributed by atoms with E-state index in [1.807, 2.05) is 42.2 Å². The standard InChI is InChI=1S/C25H30N6O2/c1-16-10-26-24(30-12-17(2)33-18(3)13-30)9-23(16)29-25(32)22-6-4-5-21(28-22)20-11-27-31(15-20)14-19-7-8-19/h4-6,9-11,15,17-19H,7-8,12-14H2,1-3H3,(H,26,29,32)/t17-,18+. The molecule has 1 aliphatic carbocycles. The molecule has 2 atom stereocenters. The third-order valence-electron chi connectivity index (χ3n) is 6.13. The van der Waals surface area contributed by atoms with Gasteiger partial charge < -0.3 is 15.0 Å². The second-order valence-corrected chi connectivity index (χ2v) is 9.28. The summed E-state index contributed by atoms with van der Waals surface area (Å²) in [6.07, 6.45) is 8.45. The van der Waals surface area contributed by atoms with Gasteiger partial charge in [0.25, 0.3) is 5.91 Å². The molecule has 1 saturated heterocycles. The van der Waals surface area contributed by atoms with Crippen molar-refractivity contribution in [3.05, 3.63) is 54.1 Å². The van der Waals surface area contributed by atoms with Crippen LogP contribution in [0.15, 0.2) is 42.9 Å². The molecule has 0 aromatic carbocycles. The van der Waals surface area contributed by atoms with Crippen molar-refractivity contribution in [2.24, 2.45) is 5.92 Å². The largest absolute Gasteiger partial charge is 0.372 e. The number of anilines is 2. The number of aryl methyl sites for hydroxylation is 1. The SMILES string of the molecule is Cc1cnc(N2C[C@@H](C)O[C@@H](C)C2)cc1NC(=O)c1cccc(-c2cnn(CC3CC3)c2)n1. The number of hydrogen-bond acceptors (Lipinski definition) is 6. The van der Waals surface area contributed by atoms with E-state index >= 15 is 0 Å². The van der Waals surface area contributed by atoms with Crippen LogP contribution in [0, 0.1) is 12.8 Å². The minimum atomic E-state index is -0.244. The molecule has 4 heterocycles. The number of rotatable bonds is 6. The van der Waals surface area contributed by atoms with E-state index in [1.54, 1.807) is 12.3 Å². The van der Waals surface area contributed by atoms with E-state index in [2.05, 4.69) is 39.1 Å². The third-order valence-corrected chi connectivity index (χ3v) is 6.13. The van der Waals surface area contributed by atoms with Crippen LogP contribution in [0.25, 0.3) is 11.3 Å². The summed E-state index contributed by atoms with van der Waals surface area (Å²) in [5, 5.41) is 7.47. The van der Waals surface area contributed by atoms with Gasteiger partial charge >= 0.3 is 0 Å². The fourth-order valence-electron chi connectivity index (χ4n) is 4.25. The second-order valence-electron chi connectivity index (χ2n) is 9.28. The Bertz CT molecular complexity index is 1150. The van der Waals surface area contributed by atoms with E-state index in [-0.39, 0.29) is 18.1 Å². The molecule has 0 unspecified atom stereocenters. The highest BCUT2D eigenvalue weighted by Crippen LogP contribution is 2.31. The lowest BCUT2D eigenvalue weighted by Crippen LogP contribution is -2.45. The summed E-state index contributed by atoms with van der Waals surface area (Å²) < 4.78 is 7.80. The average Bonchev–Trinajstić information content (AvgIpc) is 3.48. The molecule has 5 rings (SSSR count). The number of nitrogens with zero attached hydrogens (tertiary/aromatic N) is 5. The number of nitrogens with one attached hydrogen (secondary N) is 1. The Morgan fingerprint density at radius 1 is 1.18 bits per heavy atom. The quantitative estimate of drug-likeness (QED) is 0.618. The maximum Gasteiger partial charge on any atom is 0.274 e. The van der Waals surface area contributed by atoms with E-state index in [4.69, 9.17) is 4.74 Å². The van der Waals surface area contributed by atoms with Crippen LogP contribution in [-0.4, -0.2) is 51.0 Å². The molecule has 1 amide bonds. The topological polar surface area (TPSA) is 85.2 Å². The van der Waals surface area contributed by atoms with Gasteiger partial charge in [0.2, 0.25) is 0 Å². The van der Waals surface area contributed by atoms with Crippen LogP contribution in [0.1, 0.15) is 42.7 Å². The van der Waals surface area contributed by atoms with Gasteiger partial charge in [-0.1, -0.05) is 6.07 Å². The van der Waals surface area contributed by atoms with Crippen LogP contribution in [-0.2, 0) is 11.3 Å².